The average Bonchev–Trinajstić information content (AvgIpc) is 3.26. The Morgan fingerprint density at radius 3 is 2.54 bits per heavy atom. The molecule has 1 aromatic rings. The number of amides is 2. The first-order chi connectivity index (χ1) is 19.3. The molecule has 12 nitrogen and oxygen atoms in total. The summed E-state index contributed by atoms with van der Waals surface area (Å²) < 4.78 is 13.2. The minimum atomic E-state index is -0.872. The highest BCUT2D eigenvalue weighted by Gasteiger charge is 2.68. The monoisotopic (exact) mass is 570 g/mol. The van der Waals surface area contributed by atoms with Crippen LogP contribution >= 0.6 is 0 Å². The van der Waals surface area contributed by atoms with Crippen LogP contribution in [0.4, 0.5) is 0 Å². The van der Waals surface area contributed by atoms with Gasteiger partial charge in [-0.1, -0.05) is 51.3 Å². The van der Waals surface area contributed by atoms with E-state index in [0.717, 1.165) is 12.8 Å². The summed E-state index contributed by atoms with van der Waals surface area (Å²) in [7, 11) is -0.588. The van der Waals surface area contributed by atoms with E-state index in [2.05, 4.69) is 50.2 Å². The number of nitro groups is 1. The lowest BCUT2D eigenvalue weighted by Crippen LogP contribution is -2.65. The number of nitrogens with one attached hydrogen (secondary N) is 3. The largest absolute Gasteiger partial charge is 0.481 e. The molecule has 1 saturated heterocycles. The summed E-state index contributed by atoms with van der Waals surface area (Å²) in [6.07, 6.45) is 3.32. The fourth-order valence-electron chi connectivity index (χ4n) is 6.82. The zero-order valence-electron chi connectivity index (χ0n) is 24.6. The zero-order chi connectivity index (χ0) is 29.9. The summed E-state index contributed by atoms with van der Waals surface area (Å²) in [5, 5.41) is 15.7. The van der Waals surface area contributed by atoms with E-state index in [1.54, 1.807) is 29.7 Å². The number of benzene rings is 1. The van der Waals surface area contributed by atoms with E-state index in [0.29, 0.717) is 30.2 Å². The first-order valence-corrected chi connectivity index (χ1v) is 14.5. The van der Waals surface area contributed by atoms with Crippen molar-refractivity contribution in [1.82, 2.24) is 16.1 Å². The molecule has 3 saturated carbocycles. The predicted octanol–water partition coefficient (Wildman–Crippen LogP) is 2.46. The van der Waals surface area contributed by atoms with E-state index in [4.69, 9.17) is 15.0 Å². The molecule has 41 heavy (non-hydrogen) atoms. The molecule has 5 rings (SSSR count). The van der Waals surface area contributed by atoms with Gasteiger partial charge in [-0.3, -0.25) is 9.59 Å². The molecule has 2 amide bonds. The van der Waals surface area contributed by atoms with Crippen molar-refractivity contribution in [2.24, 2.45) is 33.9 Å². The number of rotatable bonds is 12. The Kier molecular flexibility index (Phi) is 9.27. The van der Waals surface area contributed by atoms with Crippen LogP contribution in [0.3, 0.4) is 0 Å². The van der Waals surface area contributed by atoms with Crippen LogP contribution in [-0.4, -0.2) is 60.2 Å². The molecule has 0 radical (unpaired) electrons. The minimum absolute atomic E-state index is 0.0134. The van der Waals surface area contributed by atoms with Crippen LogP contribution in [0, 0.1) is 33.3 Å². The number of hydrogen-bond acceptors (Lipinski definition) is 7. The standard InChI is InChI=1S/C28H43BN6O6/c1-17(2)14-23(29-40-22-16-19-15-21(27(19,3)4)28(22,5)41-29)33-25(37)20(12-9-13-31-26(30)34-35(38)39)32-24(36)18-10-7-6-8-11-18/h6-8,10-11,17,19-23H,9,12-16H2,1-5H3,(H,32,36)(H,33,37)(H3,30,31,34)/t19-,20+,21-,22-,23+,28+/m1/s1. The van der Waals surface area contributed by atoms with E-state index in [1.165, 1.54) is 0 Å². The summed E-state index contributed by atoms with van der Waals surface area (Å²) in [6.45, 7) is 11.1. The van der Waals surface area contributed by atoms with Gasteiger partial charge in [0.15, 0.2) is 5.03 Å². The summed E-state index contributed by atoms with van der Waals surface area (Å²) in [6, 6.07) is 7.79. The molecular weight excluding hydrogens is 527 g/mol. The molecule has 1 aromatic carbocycles. The molecule has 0 spiro atoms. The molecule has 1 aliphatic heterocycles. The van der Waals surface area contributed by atoms with Crippen LogP contribution in [0.2, 0.25) is 0 Å². The number of hydrazine groups is 1. The topological polar surface area (TPSA) is 170 Å². The molecule has 1 heterocycles. The molecule has 13 heteroatoms. The fourth-order valence-corrected chi connectivity index (χ4v) is 6.82. The van der Waals surface area contributed by atoms with Crippen molar-refractivity contribution in [3.63, 3.8) is 0 Å². The Balaban J connectivity index is 1.46. The molecule has 224 valence electrons. The smallest absolute Gasteiger partial charge is 0.404 e. The van der Waals surface area contributed by atoms with Gasteiger partial charge < -0.3 is 25.7 Å². The van der Waals surface area contributed by atoms with E-state index in [-0.39, 0.29) is 48.2 Å². The van der Waals surface area contributed by atoms with E-state index >= 15 is 0 Å². The SMILES string of the molecule is CC(C)C[C@H](NC(=O)[C@H](CCCN=C(N)N[N+](=O)[O-])NC(=O)c1ccccc1)B1O[C@@H]2C[C@H]3C[C@H](C3(C)C)[C@]2(C)O1. The predicted molar refractivity (Wildman–Crippen MR) is 155 cm³/mol. The summed E-state index contributed by atoms with van der Waals surface area (Å²) in [4.78, 5) is 41.2. The molecule has 3 aliphatic carbocycles. The van der Waals surface area contributed by atoms with Gasteiger partial charge >= 0.3 is 7.12 Å². The Morgan fingerprint density at radius 2 is 1.90 bits per heavy atom. The molecule has 4 aliphatic rings. The van der Waals surface area contributed by atoms with Crippen LogP contribution in [-0.2, 0) is 14.1 Å². The van der Waals surface area contributed by atoms with Gasteiger partial charge in [-0.25, -0.2) is 15.1 Å². The van der Waals surface area contributed by atoms with Gasteiger partial charge in [0.25, 0.3) is 11.9 Å². The number of nitrogens with two attached hydrogens (primary N) is 1. The van der Waals surface area contributed by atoms with Gasteiger partial charge in [-0.15, -0.1) is 0 Å². The number of hydrogen-bond donors (Lipinski definition) is 4. The average molecular weight is 571 g/mol. The Hall–Kier alpha value is -3.19. The fraction of sp³-hybridized carbons (Fsp3) is 0.679. The van der Waals surface area contributed by atoms with Crippen molar-refractivity contribution in [3.8, 4) is 0 Å². The number of carbonyl (C=O) groups excluding carboxylic acids is 2. The van der Waals surface area contributed by atoms with Crippen molar-refractivity contribution in [2.45, 2.75) is 90.4 Å². The van der Waals surface area contributed by atoms with Crippen LogP contribution in [0.25, 0.3) is 0 Å². The number of carbonyl (C=O) groups is 2. The molecule has 2 bridgehead atoms. The molecule has 4 fully saturated rings. The normalized spacial score (nSPS) is 27.8. The maximum atomic E-state index is 13.7. The Bertz CT molecular complexity index is 1150. The van der Waals surface area contributed by atoms with E-state index < -0.39 is 29.7 Å². The summed E-state index contributed by atoms with van der Waals surface area (Å²) in [5.41, 5.74) is 7.52. The van der Waals surface area contributed by atoms with Gasteiger partial charge in [0.1, 0.15) is 6.04 Å². The Labute approximate surface area is 241 Å². The van der Waals surface area contributed by atoms with Gasteiger partial charge in [-0.05, 0) is 74.3 Å². The second-order valence-corrected chi connectivity index (χ2v) is 12.8. The first kappa shape index (κ1) is 30.8. The van der Waals surface area contributed by atoms with Gasteiger partial charge in [-0.2, -0.15) is 0 Å². The van der Waals surface area contributed by atoms with Gasteiger partial charge in [0.2, 0.25) is 5.91 Å². The lowest BCUT2D eigenvalue weighted by molar-refractivity contribution is -0.525. The molecule has 0 unspecified atom stereocenters. The lowest BCUT2D eigenvalue weighted by atomic mass is 9.43. The van der Waals surface area contributed by atoms with Crippen LogP contribution in [0.5, 0.6) is 0 Å². The van der Waals surface area contributed by atoms with Crippen molar-refractivity contribution in [1.29, 1.82) is 0 Å². The third-order valence-corrected chi connectivity index (χ3v) is 9.15. The molecule has 6 atom stereocenters. The quantitative estimate of drug-likeness (QED) is 0.0742. The number of guanidine groups is 1. The van der Waals surface area contributed by atoms with Crippen LogP contribution in [0.15, 0.2) is 35.3 Å². The number of aliphatic imine (C=N–C) groups is 1. The third kappa shape index (κ3) is 6.83. The van der Waals surface area contributed by atoms with E-state index in [1.807, 2.05) is 6.07 Å². The van der Waals surface area contributed by atoms with Gasteiger partial charge in [0, 0.05) is 12.1 Å². The van der Waals surface area contributed by atoms with Gasteiger partial charge in [0.05, 0.1) is 17.6 Å². The maximum Gasteiger partial charge on any atom is 0.481 e. The highest BCUT2D eigenvalue weighted by molar-refractivity contribution is 6.48. The molecular formula is C28H43BN6O6. The second-order valence-electron chi connectivity index (χ2n) is 12.8. The minimum Gasteiger partial charge on any atom is -0.404 e. The van der Waals surface area contributed by atoms with Crippen molar-refractivity contribution < 1.29 is 23.9 Å². The summed E-state index contributed by atoms with van der Waals surface area (Å²) in [5.74, 6) is -0.185. The van der Waals surface area contributed by atoms with Crippen LogP contribution < -0.4 is 21.8 Å². The van der Waals surface area contributed by atoms with Crippen molar-refractivity contribution in [3.05, 3.63) is 46.0 Å². The van der Waals surface area contributed by atoms with E-state index in [9.17, 15) is 19.7 Å². The second kappa shape index (κ2) is 12.4. The van der Waals surface area contributed by atoms with Crippen molar-refractivity contribution in [2.75, 3.05) is 6.54 Å². The maximum absolute atomic E-state index is 13.7. The van der Waals surface area contributed by atoms with Crippen molar-refractivity contribution >= 4 is 24.9 Å². The molecule has 0 aromatic heterocycles. The highest BCUT2D eigenvalue weighted by atomic mass is 16.7. The molecule has 5 N–H and O–H groups in total. The lowest BCUT2D eigenvalue weighted by Gasteiger charge is -2.64. The number of nitrogens with zero attached hydrogens (tertiary/aromatic N) is 2. The zero-order valence-corrected chi connectivity index (χ0v) is 24.6. The van der Waals surface area contributed by atoms with Crippen LogP contribution in [0.1, 0.15) is 77.1 Å². The third-order valence-electron chi connectivity index (χ3n) is 9.15. The Morgan fingerprint density at radius 1 is 1.20 bits per heavy atom. The summed E-state index contributed by atoms with van der Waals surface area (Å²) >= 11 is 0. The highest BCUT2D eigenvalue weighted by Crippen LogP contribution is 2.65. The first-order valence-electron chi connectivity index (χ1n) is 14.5.